The number of azo groups is 1. The van der Waals surface area contributed by atoms with Crippen LogP contribution in [0.25, 0.3) is 0 Å². The summed E-state index contributed by atoms with van der Waals surface area (Å²) in [6, 6.07) is 8.19. The van der Waals surface area contributed by atoms with E-state index in [9.17, 15) is 0 Å². The Hall–Kier alpha value is -2.08. The molecule has 22 heavy (non-hydrogen) atoms. The third kappa shape index (κ3) is 2.23. The van der Waals surface area contributed by atoms with Gasteiger partial charge >= 0.3 is 0 Å². The number of fused-ring (bicyclic) bond motifs is 2. The van der Waals surface area contributed by atoms with Gasteiger partial charge in [-0.25, -0.2) is 0 Å². The number of para-hydroxylation sites is 2. The first kappa shape index (κ1) is 13.6. The van der Waals surface area contributed by atoms with Crippen LogP contribution in [-0.4, -0.2) is 62.3 Å². The molecule has 0 aliphatic carbocycles. The second kappa shape index (κ2) is 5.28. The summed E-state index contributed by atoms with van der Waals surface area (Å²) in [5.41, 5.74) is 1.11. The summed E-state index contributed by atoms with van der Waals surface area (Å²) >= 11 is 0. The Kier molecular flexibility index (Phi) is 3.26. The molecule has 1 saturated heterocycles. The zero-order valence-electron chi connectivity index (χ0n) is 13.0. The van der Waals surface area contributed by atoms with E-state index >= 15 is 0 Å². The summed E-state index contributed by atoms with van der Waals surface area (Å²) in [6.45, 7) is 4.13. The van der Waals surface area contributed by atoms with Gasteiger partial charge in [-0.1, -0.05) is 12.1 Å². The summed E-state index contributed by atoms with van der Waals surface area (Å²) in [6.07, 6.45) is 1.94. The van der Waals surface area contributed by atoms with Crippen LogP contribution in [0, 0.1) is 0 Å². The van der Waals surface area contributed by atoms with Crippen molar-refractivity contribution in [3.05, 3.63) is 36.2 Å². The normalized spacial score (nSPS) is 27.8. The second-order valence-corrected chi connectivity index (χ2v) is 6.11. The Morgan fingerprint density at radius 2 is 1.86 bits per heavy atom. The maximum Gasteiger partial charge on any atom is 0.232 e. The molecule has 0 bridgehead atoms. The Bertz CT molecular complexity index is 621. The van der Waals surface area contributed by atoms with Gasteiger partial charge in [-0.2, -0.15) is 0 Å². The van der Waals surface area contributed by atoms with Gasteiger partial charge in [0.1, 0.15) is 17.6 Å². The van der Waals surface area contributed by atoms with Crippen LogP contribution in [0.2, 0.25) is 0 Å². The third-order valence-electron chi connectivity index (χ3n) is 4.65. The van der Waals surface area contributed by atoms with E-state index in [4.69, 9.17) is 4.74 Å². The minimum atomic E-state index is -0.254. The fourth-order valence-electron chi connectivity index (χ4n) is 3.19. The summed E-state index contributed by atoms with van der Waals surface area (Å²) in [5, 5.41) is 8.83. The van der Waals surface area contributed by atoms with Crippen LogP contribution in [0.4, 0.5) is 5.69 Å². The van der Waals surface area contributed by atoms with Crippen molar-refractivity contribution in [1.82, 2.24) is 9.80 Å². The fourth-order valence-corrected chi connectivity index (χ4v) is 3.19. The van der Waals surface area contributed by atoms with Crippen molar-refractivity contribution in [1.29, 1.82) is 0 Å². The van der Waals surface area contributed by atoms with E-state index in [0.717, 1.165) is 43.4 Å². The van der Waals surface area contributed by atoms with Crippen LogP contribution in [0.3, 0.4) is 0 Å². The highest BCUT2D eigenvalue weighted by Crippen LogP contribution is 2.37. The molecule has 1 aromatic carbocycles. The fraction of sp³-hybridized carbons (Fsp3) is 0.500. The number of piperazine rings is 1. The lowest BCUT2D eigenvalue weighted by Crippen LogP contribution is -2.49. The molecule has 0 aromatic heterocycles. The number of hydrogen-bond donors (Lipinski definition) is 0. The molecule has 2 atom stereocenters. The first-order chi connectivity index (χ1) is 10.7. The first-order valence-corrected chi connectivity index (χ1v) is 7.77. The minimum Gasteiger partial charge on any atom is -0.462 e. The van der Waals surface area contributed by atoms with Gasteiger partial charge in [0.2, 0.25) is 6.23 Å². The van der Waals surface area contributed by atoms with E-state index in [-0.39, 0.29) is 12.3 Å². The van der Waals surface area contributed by atoms with E-state index in [1.165, 1.54) is 0 Å². The highest BCUT2D eigenvalue weighted by molar-refractivity contribution is 5.61. The highest BCUT2D eigenvalue weighted by atomic mass is 16.5. The molecule has 0 unspecified atom stereocenters. The molecule has 0 saturated carbocycles. The molecule has 1 fully saturated rings. The van der Waals surface area contributed by atoms with Gasteiger partial charge in [0.25, 0.3) is 0 Å². The van der Waals surface area contributed by atoms with Gasteiger partial charge in [0.05, 0.1) is 5.69 Å². The molecule has 0 N–H and O–H groups in total. The molecule has 1 aromatic rings. The molecule has 3 aliphatic rings. The predicted octanol–water partition coefficient (Wildman–Crippen LogP) is 1.76. The van der Waals surface area contributed by atoms with Crippen LogP contribution in [-0.2, 0) is 0 Å². The van der Waals surface area contributed by atoms with Crippen LogP contribution in [0.1, 0.15) is 0 Å². The van der Waals surface area contributed by atoms with Gasteiger partial charge in [-0.05, 0) is 25.3 Å². The van der Waals surface area contributed by atoms with Crippen molar-refractivity contribution >= 4 is 5.69 Å². The Balaban J connectivity index is 1.59. The van der Waals surface area contributed by atoms with Gasteiger partial charge in [0.15, 0.2) is 0 Å². The number of benzene rings is 1. The van der Waals surface area contributed by atoms with Crippen molar-refractivity contribution in [3.63, 3.8) is 0 Å². The Labute approximate surface area is 130 Å². The predicted molar refractivity (Wildman–Crippen MR) is 85.1 cm³/mol. The molecule has 116 valence electrons. The SMILES string of the molecule is CN1CCN(C2=C[C@H]3[C@H](N=N2)Oc2ccccc2N3C)CC1. The molecule has 3 heterocycles. The molecule has 3 aliphatic heterocycles. The van der Waals surface area contributed by atoms with E-state index < -0.39 is 0 Å². The van der Waals surface area contributed by atoms with Crippen LogP contribution < -0.4 is 9.64 Å². The monoisotopic (exact) mass is 299 g/mol. The number of likely N-dealkylation sites (N-methyl/N-ethyl adjacent to an activating group) is 2. The van der Waals surface area contributed by atoms with Gasteiger partial charge < -0.3 is 19.4 Å². The van der Waals surface area contributed by atoms with E-state index in [1.807, 2.05) is 18.2 Å². The van der Waals surface area contributed by atoms with Gasteiger partial charge in [-0.15, -0.1) is 10.2 Å². The zero-order valence-corrected chi connectivity index (χ0v) is 13.0. The second-order valence-electron chi connectivity index (χ2n) is 6.11. The lowest BCUT2D eigenvalue weighted by Gasteiger charge is -2.41. The van der Waals surface area contributed by atoms with Crippen molar-refractivity contribution in [2.75, 3.05) is 45.2 Å². The first-order valence-electron chi connectivity index (χ1n) is 7.77. The van der Waals surface area contributed by atoms with Crippen molar-refractivity contribution < 1.29 is 4.74 Å². The number of rotatable bonds is 1. The van der Waals surface area contributed by atoms with Gasteiger partial charge in [0, 0.05) is 33.2 Å². The summed E-state index contributed by atoms with van der Waals surface area (Å²) < 4.78 is 5.99. The summed E-state index contributed by atoms with van der Waals surface area (Å²) in [4.78, 5) is 6.89. The van der Waals surface area contributed by atoms with E-state index in [2.05, 4.69) is 51.2 Å². The number of hydrogen-bond acceptors (Lipinski definition) is 6. The van der Waals surface area contributed by atoms with Gasteiger partial charge in [-0.3, -0.25) is 0 Å². The van der Waals surface area contributed by atoms with E-state index in [1.54, 1.807) is 0 Å². The molecular formula is C16H21N5O. The third-order valence-corrected chi connectivity index (χ3v) is 4.65. The molecular weight excluding hydrogens is 278 g/mol. The zero-order chi connectivity index (χ0) is 15.1. The Morgan fingerprint density at radius 1 is 1.09 bits per heavy atom. The summed E-state index contributed by atoms with van der Waals surface area (Å²) in [5.74, 6) is 1.85. The van der Waals surface area contributed by atoms with Crippen LogP contribution in [0.15, 0.2) is 46.4 Å². The summed E-state index contributed by atoms with van der Waals surface area (Å²) in [7, 11) is 4.25. The number of ether oxygens (including phenoxy) is 1. The minimum absolute atomic E-state index is 0.0991. The number of nitrogens with zero attached hydrogens (tertiary/aromatic N) is 5. The molecule has 4 rings (SSSR count). The smallest absolute Gasteiger partial charge is 0.232 e. The lowest BCUT2D eigenvalue weighted by atomic mass is 10.1. The maximum absolute atomic E-state index is 5.99. The number of anilines is 1. The average Bonchev–Trinajstić information content (AvgIpc) is 2.56. The van der Waals surface area contributed by atoms with Crippen molar-refractivity contribution in [3.8, 4) is 5.75 Å². The van der Waals surface area contributed by atoms with Crippen molar-refractivity contribution in [2.45, 2.75) is 12.3 Å². The molecule has 6 nitrogen and oxygen atoms in total. The quantitative estimate of drug-likeness (QED) is 0.792. The van der Waals surface area contributed by atoms with Crippen molar-refractivity contribution in [2.24, 2.45) is 10.2 Å². The van der Waals surface area contributed by atoms with Crippen LogP contribution in [0.5, 0.6) is 5.75 Å². The molecule has 0 spiro atoms. The van der Waals surface area contributed by atoms with E-state index in [0.29, 0.717) is 0 Å². The van der Waals surface area contributed by atoms with Crippen LogP contribution >= 0.6 is 0 Å². The maximum atomic E-state index is 5.99. The standard InChI is InChI=1S/C16H21N5O/c1-19-7-9-21(10-8-19)15-11-13-16(18-17-15)22-14-6-4-3-5-12(14)20(13)2/h3-6,11,13,16H,7-10H2,1-2H3/t13-,16+/m0/s1. The molecule has 6 heteroatoms. The topological polar surface area (TPSA) is 43.7 Å². The Morgan fingerprint density at radius 3 is 2.68 bits per heavy atom. The lowest BCUT2D eigenvalue weighted by molar-refractivity contribution is 0.150. The molecule has 0 amide bonds. The largest absolute Gasteiger partial charge is 0.462 e. The molecule has 0 radical (unpaired) electrons. The highest BCUT2D eigenvalue weighted by Gasteiger charge is 2.36. The average molecular weight is 299 g/mol.